The van der Waals surface area contributed by atoms with Crippen LogP contribution in [0.1, 0.15) is 24.2 Å². The number of hydrogen-bond acceptors (Lipinski definition) is 6. The van der Waals surface area contributed by atoms with Gasteiger partial charge in [0.25, 0.3) is 0 Å². The van der Waals surface area contributed by atoms with Gasteiger partial charge in [0.2, 0.25) is 0 Å². The summed E-state index contributed by atoms with van der Waals surface area (Å²) < 4.78 is 5.36. The van der Waals surface area contributed by atoms with Crippen LogP contribution in [0.5, 0.6) is 0 Å². The van der Waals surface area contributed by atoms with E-state index < -0.39 is 0 Å². The minimum atomic E-state index is 0.674. The van der Waals surface area contributed by atoms with Gasteiger partial charge in [-0.05, 0) is 32.6 Å². The first-order chi connectivity index (χ1) is 8.70. The van der Waals surface area contributed by atoms with Crippen molar-refractivity contribution in [2.45, 2.75) is 26.7 Å². The lowest BCUT2D eigenvalue weighted by Crippen LogP contribution is -2.15. The van der Waals surface area contributed by atoms with E-state index in [0.29, 0.717) is 17.6 Å². The summed E-state index contributed by atoms with van der Waals surface area (Å²) in [6.45, 7) is 6.50. The zero-order valence-corrected chi connectivity index (χ0v) is 11.0. The molecule has 100 valence electrons. The van der Waals surface area contributed by atoms with Crippen LogP contribution in [0.2, 0.25) is 0 Å². The highest BCUT2D eigenvalue weighted by atomic mass is 16.5. The molecule has 1 aromatic heterocycles. The SMILES string of the molecule is Cc1nc(NN)c(C)c(NCCC2CCOC2)n1. The molecule has 0 bridgehead atoms. The van der Waals surface area contributed by atoms with Gasteiger partial charge in [-0.1, -0.05) is 0 Å². The smallest absolute Gasteiger partial charge is 0.148 e. The van der Waals surface area contributed by atoms with Crippen LogP contribution < -0.4 is 16.6 Å². The van der Waals surface area contributed by atoms with Gasteiger partial charge in [-0.25, -0.2) is 15.8 Å². The zero-order chi connectivity index (χ0) is 13.0. The quantitative estimate of drug-likeness (QED) is 0.539. The van der Waals surface area contributed by atoms with E-state index >= 15 is 0 Å². The lowest BCUT2D eigenvalue weighted by atomic mass is 10.1. The number of nitrogen functional groups attached to an aromatic ring is 1. The molecule has 4 N–H and O–H groups in total. The summed E-state index contributed by atoms with van der Waals surface area (Å²) in [5.41, 5.74) is 3.55. The summed E-state index contributed by atoms with van der Waals surface area (Å²) in [5.74, 6) is 8.35. The van der Waals surface area contributed by atoms with Crippen molar-refractivity contribution in [2.75, 3.05) is 30.5 Å². The number of anilines is 2. The molecule has 1 fully saturated rings. The molecule has 0 amide bonds. The molecule has 2 heterocycles. The molecule has 1 unspecified atom stereocenters. The lowest BCUT2D eigenvalue weighted by molar-refractivity contribution is 0.185. The lowest BCUT2D eigenvalue weighted by Gasteiger charge is -2.13. The highest BCUT2D eigenvalue weighted by molar-refractivity contribution is 5.56. The van der Waals surface area contributed by atoms with Crippen LogP contribution in [0.3, 0.4) is 0 Å². The van der Waals surface area contributed by atoms with Crippen molar-refractivity contribution in [3.63, 3.8) is 0 Å². The molecule has 1 saturated heterocycles. The molecule has 0 aromatic carbocycles. The number of nitrogens with zero attached hydrogens (tertiary/aromatic N) is 2. The van der Waals surface area contributed by atoms with Crippen molar-refractivity contribution in [1.82, 2.24) is 9.97 Å². The molecule has 0 aliphatic carbocycles. The topological polar surface area (TPSA) is 85.1 Å². The van der Waals surface area contributed by atoms with E-state index in [1.54, 1.807) is 0 Å². The van der Waals surface area contributed by atoms with E-state index in [9.17, 15) is 0 Å². The largest absolute Gasteiger partial charge is 0.381 e. The summed E-state index contributed by atoms with van der Waals surface area (Å²) in [6, 6.07) is 0. The first-order valence-corrected chi connectivity index (χ1v) is 6.34. The van der Waals surface area contributed by atoms with Crippen LogP contribution in [-0.2, 0) is 4.74 Å². The minimum absolute atomic E-state index is 0.674. The van der Waals surface area contributed by atoms with E-state index in [2.05, 4.69) is 20.7 Å². The molecular formula is C12H21N5O. The number of rotatable bonds is 5. The number of nitrogens with one attached hydrogen (secondary N) is 2. The van der Waals surface area contributed by atoms with Crippen molar-refractivity contribution in [3.8, 4) is 0 Å². The maximum absolute atomic E-state index is 5.43. The number of nitrogens with two attached hydrogens (primary N) is 1. The maximum atomic E-state index is 5.43. The third-order valence-corrected chi connectivity index (χ3v) is 3.26. The Morgan fingerprint density at radius 2 is 2.11 bits per heavy atom. The summed E-state index contributed by atoms with van der Waals surface area (Å²) >= 11 is 0. The Hall–Kier alpha value is -1.40. The Morgan fingerprint density at radius 1 is 1.33 bits per heavy atom. The molecule has 2 rings (SSSR count). The Labute approximate surface area is 107 Å². The molecule has 0 spiro atoms. The first-order valence-electron chi connectivity index (χ1n) is 6.34. The first kappa shape index (κ1) is 13.0. The van der Waals surface area contributed by atoms with Crippen LogP contribution >= 0.6 is 0 Å². The van der Waals surface area contributed by atoms with Crippen LogP contribution in [0, 0.1) is 19.8 Å². The summed E-state index contributed by atoms with van der Waals surface area (Å²) in [5, 5.41) is 3.35. The van der Waals surface area contributed by atoms with Crippen molar-refractivity contribution in [1.29, 1.82) is 0 Å². The van der Waals surface area contributed by atoms with Crippen LogP contribution in [-0.4, -0.2) is 29.7 Å². The third-order valence-electron chi connectivity index (χ3n) is 3.26. The van der Waals surface area contributed by atoms with Crippen molar-refractivity contribution < 1.29 is 4.74 Å². The fraction of sp³-hybridized carbons (Fsp3) is 0.667. The number of hydrazine groups is 1. The maximum Gasteiger partial charge on any atom is 0.148 e. The standard InChI is InChI=1S/C12H21N5O/c1-8-11(15-9(2)16-12(8)17-13)14-5-3-10-4-6-18-7-10/h10H,3-7,13H2,1-2H3,(H2,14,15,16,17). The minimum Gasteiger partial charge on any atom is -0.381 e. The number of aryl methyl sites for hydroxylation is 1. The van der Waals surface area contributed by atoms with Gasteiger partial charge in [-0.2, -0.15) is 0 Å². The van der Waals surface area contributed by atoms with Gasteiger partial charge in [-0.15, -0.1) is 0 Å². The van der Waals surface area contributed by atoms with Gasteiger partial charge < -0.3 is 15.5 Å². The van der Waals surface area contributed by atoms with Gasteiger partial charge >= 0.3 is 0 Å². The summed E-state index contributed by atoms with van der Waals surface area (Å²) in [4.78, 5) is 8.63. The van der Waals surface area contributed by atoms with E-state index in [0.717, 1.165) is 37.6 Å². The Bertz CT molecular complexity index is 404. The van der Waals surface area contributed by atoms with Crippen LogP contribution in [0.25, 0.3) is 0 Å². The van der Waals surface area contributed by atoms with Crippen LogP contribution in [0.4, 0.5) is 11.6 Å². The highest BCUT2D eigenvalue weighted by Gasteiger charge is 2.15. The van der Waals surface area contributed by atoms with E-state index in [1.165, 1.54) is 6.42 Å². The number of ether oxygens (including phenoxy) is 1. The fourth-order valence-electron chi connectivity index (χ4n) is 2.15. The molecular weight excluding hydrogens is 230 g/mol. The normalized spacial score (nSPS) is 18.9. The van der Waals surface area contributed by atoms with Gasteiger partial charge in [0, 0.05) is 25.3 Å². The Balaban J connectivity index is 1.93. The van der Waals surface area contributed by atoms with Gasteiger partial charge in [0.05, 0.1) is 0 Å². The fourth-order valence-corrected chi connectivity index (χ4v) is 2.15. The van der Waals surface area contributed by atoms with E-state index in [-0.39, 0.29) is 0 Å². The zero-order valence-electron chi connectivity index (χ0n) is 11.0. The molecule has 1 atom stereocenters. The van der Waals surface area contributed by atoms with Crippen LogP contribution in [0.15, 0.2) is 0 Å². The molecule has 6 nitrogen and oxygen atoms in total. The van der Waals surface area contributed by atoms with Gasteiger partial charge in [-0.3, -0.25) is 0 Å². The number of hydrogen-bond donors (Lipinski definition) is 3. The van der Waals surface area contributed by atoms with E-state index in [1.807, 2.05) is 13.8 Å². The average molecular weight is 251 g/mol. The van der Waals surface area contributed by atoms with Gasteiger partial charge in [0.15, 0.2) is 0 Å². The molecule has 1 aliphatic rings. The Kier molecular flexibility index (Phi) is 4.33. The highest BCUT2D eigenvalue weighted by Crippen LogP contribution is 2.20. The predicted octanol–water partition coefficient (Wildman–Crippen LogP) is 1.22. The second-order valence-electron chi connectivity index (χ2n) is 4.68. The second-order valence-corrected chi connectivity index (χ2v) is 4.68. The van der Waals surface area contributed by atoms with Crippen molar-refractivity contribution in [2.24, 2.45) is 11.8 Å². The predicted molar refractivity (Wildman–Crippen MR) is 71.3 cm³/mol. The molecule has 1 aliphatic heterocycles. The van der Waals surface area contributed by atoms with Crippen molar-refractivity contribution in [3.05, 3.63) is 11.4 Å². The molecule has 1 aromatic rings. The molecule has 0 saturated carbocycles. The van der Waals surface area contributed by atoms with Crippen molar-refractivity contribution >= 4 is 11.6 Å². The summed E-state index contributed by atoms with van der Waals surface area (Å²) in [6.07, 6.45) is 2.27. The van der Waals surface area contributed by atoms with E-state index in [4.69, 9.17) is 10.6 Å². The monoisotopic (exact) mass is 251 g/mol. The second kappa shape index (κ2) is 5.97. The molecule has 0 radical (unpaired) electrons. The molecule has 18 heavy (non-hydrogen) atoms. The third kappa shape index (κ3) is 3.08. The average Bonchev–Trinajstić information content (AvgIpc) is 2.86. The summed E-state index contributed by atoms with van der Waals surface area (Å²) in [7, 11) is 0. The molecule has 6 heteroatoms. The number of aromatic nitrogens is 2. The van der Waals surface area contributed by atoms with Gasteiger partial charge in [0.1, 0.15) is 17.5 Å². The Morgan fingerprint density at radius 3 is 2.78 bits per heavy atom.